The number of nitrogens with zero attached hydrogens (tertiary/aromatic N) is 3. The van der Waals surface area contributed by atoms with Crippen molar-refractivity contribution in [1.29, 1.82) is 0 Å². The van der Waals surface area contributed by atoms with Crippen molar-refractivity contribution in [1.82, 2.24) is 4.98 Å². The fourth-order valence-electron chi connectivity index (χ4n) is 2.66. The molecule has 0 aliphatic rings. The van der Waals surface area contributed by atoms with Gasteiger partial charge in [-0.2, -0.15) is 9.45 Å². The van der Waals surface area contributed by atoms with E-state index in [1.54, 1.807) is 0 Å². The molecule has 0 fully saturated rings. The van der Waals surface area contributed by atoms with Gasteiger partial charge in [0.2, 0.25) is 0 Å². The van der Waals surface area contributed by atoms with E-state index >= 15 is 0 Å². The van der Waals surface area contributed by atoms with Crippen molar-refractivity contribution in [3.05, 3.63) is 42.1 Å². The van der Waals surface area contributed by atoms with E-state index in [0.29, 0.717) is 17.7 Å². The zero-order valence-corrected chi connectivity index (χ0v) is 27.1. The van der Waals surface area contributed by atoms with Gasteiger partial charge in [0.15, 0.2) is 5.75 Å². The Morgan fingerprint density at radius 2 is 1.63 bits per heavy atom. The van der Waals surface area contributed by atoms with Crippen LogP contribution in [0, 0.1) is 6.92 Å². The molecule has 0 aliphatic heterocycles. The first-order valence-corrected chi connectivity index (χ1v) is 11.7. The van der Waals surface area contributed by atoms with Gasteiger partial charge < -0.3 is 19.5 Å². The zero-order valence-electron chi connectivity index (χ0n) is 18.7. The summed E-state index contributed by atoms with van der Waals surface area (Å²) in [6.45, 7) is 1.52. The van der Waals surface area contributed by atoms with Crippen LogP contribution in [0.1, 0.15) is 5.56 Å². The van der Waals surface area contributed by atoms with Gasteiger partial charge in [-0.3, -0.25) is 10.0 Å². The van der Waals surface area contributed by atoms with Crippen LogP contribution in [0.15, 0.2) is 61.4 Å². The van der Waals surface area contributed by atoms with Crippen LogP contribution < -0.4 is 93.9 Å². The van der Waals surface area contributed by atoms with E-state index in [0.717, 1.165) is 6.07 Å². The number of fused-ring (bicyclic) bond motifs is 1. The van der Waals surface area contributed by atoms with Gasteiger partial charge in [-0.1, -0.05) is 0 Å². The van der Waals surface area contributed by atoms with E-state index in [2.05, 4.69) is 24.6 Å². The van der Waals surface area contributed by atoms with E-state index in [1.165, 1.54) is 25.3 Å². The molecule has 13 nitrogen and oxygen atoms in total. The summed E-state index contributed by atoms with van der Waals surface area (Å²) in [4.78, 5) is 2.19. The Bertz CT molecular complexity index is 1450. The quantitative estimate of drug-likeness (QED) is 0.0702. The molecule has 3 aromatic rings. The zero-order chi connectivity index (χ0) is 23.7. The molecule has 0 amide bonds. The maximum absolute atomic E-state index is 11.7. The molecular formula is C16H10N3Na3O10S3. The molecule has 0 aliphatic carbocycles. The summed E-state index contributed by atoms with van der Waals surface area (Å²) in [6.07, 6.45) is 1.37. The van der Waals surface area contributed by atoms with E-state index in [9.17, 15) is 36.3 Å². The summed E-state index contributed by atoms with van der Waals surface area (Å²) in [5.41, 5.74) is -0.197. The summed E-state index contributed by atoms with van der Waals surface area (Å²) in [6, 6.07) is 5.19. The molecule has 3 rings (SSSR count). The molecular weight excluding hydrogens is 559 g/mol. The molecule has 0 atom stereocenters. The third-order valence-corrected chi connectivity index (χ3v) is 6.39. The number of hydrogen-bond donors (Lipinski definition) is 1. The van der Waals surface area contributed by atoms with Crippen molar-refractivity contribution < 1.29 is 134 Å². The fourth-order valence-corrected chi connectivity index (χ4v) is 4.40. The minimum Gasteiger partial charge on any atom is -0.744 e. The van der Waals surface area contributed by atoms with Crippen molar-refractivity contribution in [3.63, 3.8) is 0 Å². The number of aromatic hydroxyl groups is 1. The normalized spacial score (nSPS) is 11.5. The fraction of sp³-hybridized carbons (Fsp3) is 0.0625. The van der Waals surface area contributed by atoms with Crippen molar-refractivity contribution in [2.75, 3.05) is 0 Å². The van der Waals surface area contributed by atoms with Gasteiger partial charge in [0.25, 0.3) is 0 Å². The molecule has 0 spiro atoms. The van der Waals surface area contributed by atoms with Gasteiger partial charge in [-0.15, -0.1) is 5.11 Å². The van der Waals surface area contributed by atoms with Gasteiger partial charge in [-0.25, -0.2) is 16.8 Å². The van der Waals surface area contributed by atoms with Crippen molar-refractivity contribution in [3.8, 4) is 5.75 Å². The molecule has 1 heterocycles. The average Bonchev–Trinajstić information content (AvgIpc) is 2.71. The Kier molecular flexibility index (Phi) is 14.6. The van der Waals surface area contributed by atoms with Gasteiger partial charge in [0.1, 0.15) is 25.9 Å². The largest absolute Gasteiger partial charge is 1.00 e. The average molecular weight is 569 g/mol. The Labute approximate surface area is 270 Å². The van der Waals surface area contributed by atoms with Crippen LogP contribution >= 0.6 is 12.0 Å². The molecule has 2 aromatic carbocycles. The molecule has 0 bridgehead atoms. The molecule has 170 valence electrons. The Morgan fingerprint density at radius 1 is 1.00 bits per heavy atom. The molecule has 19 heteroatoms. The van der Waals surface area contributed by atoms with Gasteiger partial charge in [0, 0.05) is 17.1 Å². The molecule has 0 radical (unpaired) electrons. The van der Waals surface area contributed by atoms with Crippen LogP contribution in [0.25, 0.3) is 10.9 Å². The minimum atomic E-state index is -5.02. The molecule has 35 heavy (non-hydrogen) atoms. The van der Waals surface area contributed by atoms with Crippen LogP contribution in [0.5, 0.6) is 5.75 Å². The predicted octanol–water partition coefficient (Wildman–Crippen LogP) is -7.28. The van der Waals surface area contributed by atoms with Crippen LogP contribution in [0.3, 0.4) is 0 Å². The summed E-state index contributed by atoms with van der Waals surface area (Å²) >= 11 is 0.104. The first kappa shape index (κ1) is 35.3. The van der Waals surface area contributed by atoms with Gasteiger partial charge in [-0.05, 0) is 37.3 Å². The first-order chi connectivity index (χ1) is 14.9. The van der Waals surface area contributed by atoms with Crippen LogP contribution in [0.2, 0.25) is 0 Å². The SMILES string of the molecule is Cc1c(N=Nc2cc(S(=O)(=O)[O-])cc(SOO[O-])c2O)cc(S(=O)(=O)[O-])c2cccnc12.[Na+].[Na+].[Na+]. The molecule has 1 N–H and O–H groups in total. The third-order valence-electron chi connectivity index (χ3n) is 4.08. The number of rotatable bonds is 7. The van der Waals surface area contributed by atoms with Gasteiger partial charge in [0.05, 0.1) is 37.9 Å². The third kappa shape index (κ3) is 8.66. The number of pyridine rings is 1. The van der Waals surface area contributed by atoms with E-state index in [-0.39, 0.29) is 117 Å². The van der Waals surface area contributed by atoms with Crippen molar-refractivity contribution in [2.45, 2.75) is 21.6 Å². The summed E-state index contributed by atoms with van der Waals surface area (Å²) in [7, 11) is -9.94. The van der Waals surface area contributed by atoms with E-state index in [1.807, 2.05) is 0 Å². The standard InChI is InChI=1S/C16H13N3O10S3.3Na/c1-8-11(7-14(32(25,26)27)10-3-2-4-17-15(8)10)18-19-12-5-9(31(22,23)24)6-13(16(12)20)30-29-28-21;;;/h2-7,20-21H,1H3,(H,22,23,24)(H,25,26,27);;;/q;3*+1/p-3. The number of aromatic nitrogens is 1. The topological polar surface area (TPSA) is 214 Å². The maximum atomic E-state index is 11.7. The molecule has 0 saturated heterocycles. The maximum Gasteiger partial charge on any atom is 1.00 e. The Hall–Kier alpha value is 0.300. The number of hydrogen-bond acceptors (Lipinski definition) is 14. The molecule has 0 unspecified atom stereocenters. The minimum absolute atomic E-state index is 0. The monoisotopic (exact) mass is 569 g/mol. The summed E-state index contributed by atoms with van der Waals surface area (Å²) in [5.74, 6) is -0.726. The Morgan fingerprint density at radius 3 is 2.20 bits per heavy atom. The second-order valence-electron chi connectivity index (χ2n) is 6.04. The summed E-state index contributed by atoms with van der Waals surface area (Å²) in [5, 5.41) is 30.9. The van der Waals surface area contributed by atoms with Gasteiger partial charge >= 0.3 is 88.7 Å². The van der Waals surface area contributed by atoms with E-state index < -0.39 is 46.4 Å². The van der Waals surface area contributed by atoms with Crippen LogP contribution in [-0.4, -0.2) is 36.0 Å². The number of phenolic OH excluding ortho intramolecular Hbond substituents is 1. The first-order valence-electron chi connectivity index (χ1n) is 8.15. The second-order valence-corrected chi connectivity index (χ2v) is 9.51. The van der Waals surface area contributed by atoms with Crippen molar-refractivity contribution >= 4 is 54.6 Å². The van der Waals surface area contributed by atoms with Crippen molar-refractivity contribution in [2.24, 2.45) is 10.2 Å². The number of phenols is 1. The van der Waals surface area contributed by atoms with Crippen LogP contribution in [-0.2, 0) is 29.6 Å². The van der Waals surface area contributed by atoms with E-state index in [4.69, 9.17) is 0 Å². The number of benzene rings is 2. The predicted molar refractivity (Wildman–Crippen MR) is 103 cm³/mol. The number of azo groups is 1. The molecule has 0 saturated carbocycles. The second kappa shape index (κ2) is 14.5. The molecule has 1 aromatic heterocycles. The summed E-state index contributed by atoms with van der Waals surface area (Å²) < 4.78 is 73.3. The Balaban J connectivity index is 0.00000385. The number of aryl methyl sites for hydroxylation is 1. The smallest absolute Gasteiger partial charge is 0.744 e. The van der Waals surface area contributed by atoms with Crippen LogP contribution in [0.4, 0.5) is 11.4 Å².